The summed E-state index contributed by atoms with van der Waals surface area (Å²) >= 11 is 0. The van der Waals surface area contributed by atoms with Gasteiger partial charge in [0.15, 0.2) is 0 Å². The molecule has 1 N–H and O–H groups in total. The number of fused-ring (bicyclic) bond motifs is 1. The van der Waals surface area contributed by atoms with Gasteiger partial charge >= 0.3 is 0 Å². The molecule has 0 aliphatic carbocycles. The molecule has 0 aromatic heterocycles. The summed E-state index contributed by atoms with van der Waals surface area (Å²) in [5.41, 5.74) is 2.03. The van der Waals surface area contributed by atoms with Crippen LogP contribution in [-0.4, -0.2) is 21.4 Å². The molecule has 120 valence electrons. The number of amides is 1. The van der Waals surface area contributed by atoms with Gasteiger partial charge in [0.2, 0.25) is 5.91 Å². The van der Waals surface area contributed by atoms with Crippen LogP contribution in [0.1, 0.15) is 11.1 Å². The van der Waals surface area contributed by atoms with E-state index in [2.05, 4.69) is 4.72 Å². The van der Waals surface area contributed by atoms with E-state index in [4.69, 9.17) is 0 Å². The molecule has 1 aliphatic rings. The molecule has 23 heavy (non-hydrogen) atoms. The summed E-state index contributed by atoms with van der Waals surface area (Å²) in [7, 11) is -2.15. The van der Waals surface area contributed by atoms with E-state index in [-0.39, 0.29) is 22.9 Å². The van der Waals surface area contributed by atoms with Crippen LogP contribution in [0.5, 0.6) is 0 Å². The highest BCUT2D eigenvalue weighted by Crippen LogP contribution is 2.30. The first kappa shape index (κ1) is 15.5. The van der Waals surface area contributed by atoms with E-state index < -0.39 is 15.8 Å². The lowest BCUT2D eigenvalue weighted by atomic mass is 10.2. The highest BCUT2D eigenvalue weighted by molar-refractivity contribution is 7.92. The fourth-order valence-electron chi connectivity index (χ4n) is 2.54. The van der Waals surface area contributed by atoms with Gasteiger partial charge in [-0.1, -0.05) is 0 Å². The van der Waals surface area contributed by atoms with Crippen LogP contribution in [0, 0.1) is 12.7 Å². The minimum atomic E-state index is -3.80. The van der Waals surface area contributed by atoms with Crippen LogP contribution >= 0.6 is 0 Å². The van der Waals surface area contributed by atoms with Crippen molar-refractivity contribution in [3.05, 3.63) is 53.3 Å². The largest absolute Gasteiger partial charge is 0.315 e. The smallest absolute Gasteiger partial charge is 0.261 e. The zero-order valence-corrected chi connectivity index (χ0v) is 13.4. The van der Waals surface area contributed by atoms with Crippen molar-refractivity contribution in [2.75, 3.05) is 16.7 Å². The molecule has 0 radical (unpaired) electrons. The normalized spacial score (nSPS) is 14.0. The molecular weight excluding hydrogens is 319 g/mol. The topological polar surface area (TPSA) is 66.5 Å². The molecule has 1 aliphatic heterocycles. The Hall–Kier alpha value is -2.41. The van der Waals surface area contributed by atoms with E-state index in [1.54, 1.807) is 20.0 Å². The zero-order valence-electron chi connectivity index (χ0n) is 12.6. The summed E-state index contributed by atoms with van der Waals surface area (Å²) in [5.74, 6) is -0.469. The van der Waals surface area contributed by atoms with Gasteiger partial charge in [0.1, 0.15) is 5.82 Å². The summed E-state index contributed by atoms with van der Waals surface area (Å²) in [6.07, 6.45) is 0.185. The molecule has 0 unspecified atom stereocenters. The molecule has 0 spiro atoms. The number of carbonyl (C=O) groups is 1. The minimum absolute atomic E-state index is 0.0707. The minimum Gasteiger partial charge on any atom is -0.315 e. The maximum absolute atomic E-state index is 13.3. The van der Waals surface area contributed by atoms with Crippen molar-refractivity contribution in [2.24, 2.45) is 0 Å². The van der Waals surface area contributed by atoms with Gasteiger partial charge < -0.3 is 4.90 Å². The second kappa shape index (κ2) is 5.34. The van der Waals surface area contributed by atoms with Gasteiger partial charge in [-0.25, -0.2) is 12.8 Å². The number of hydrogen-bond acceptors (Lipinski definition) is 3. The Morgan fingerprint density at radius 1 is 1.17 bits per heavy atom. The molecule has 5 nitrogen and oxygen atoms in total. The highest BCUT2D eigenvalue weighted by atomic mass is 32.2. The number of rotatable bonds is 3. The van der Waals surface area contributed by atoms with Crippen molar-refractivity contribution in [1.82, 2.24) is 0 Å². The van der Waals surface area contributed by atoms with Crippen LogP contribution in [0.15, 0.2) is 41.3 Å². The molecule has 0 saturated carbocycles. The number of anilines is 2. The number of aryl methyl sites for hydroxylation is 1. The van der Waals surface area contributed by atoms with Gasteiger partial charge in [0, 0.05) is 18.4 Å². The average Bonchev–Trinajstić information content (AvgIpc) is 2.77. The Bertz CT molecular complexity index is 910. The van der Waals surface area contributed by atoms with Crippen molar-refractivity contribution in [2.45, 2.75) is 18.2 Å². The molecule has 0 saturated heterocycles. The van der Waals surface area contributed by atoms with Crippen molar-refractivity contribution < 1.29 is 17.6 Å². The van der Waals surface area contributed by atoms with Crippen LogP contribution in [0.4, 0.5) is 15.8 Å². The highest BCUT2D eigenvalue weighted by Gasteiger charge is 2.26. The van der Waals surface area contributed by atoms with E-state index in [0.717, 1.165) is 0 Å². The first-order valence-electron chi connectivity index (χ1n) is 6.96. The lowest BCUT2D eigenvalue weighted by Crippen LogP contribution is -2.20. The predicted molar refractivity (Wildman–Crippen MR) is 85.5 cm³/mol. The van der Waals surface area contributed by atoms with Gasteiger partial charge in [0.05, 0.1) is 11.3 Å². The fraction of sp³-hybridized carbons (Fsp3) is 0.188. The number of likely N-dealkylation sites (N-methyl/N-ethyl adjacent to an activating group) is 1. The number of hydrogen-bond donors (Lipinski definition) is 1. The summed E-state index contributed by atoms with van der Waals surface area (Å²) in [6, 6.07) is 8.57. The standard InChI is InChI=1S/C16H15FN2O3S/c1-10-7-12(3-5-14(10)17)18-23(21,22)13-4-6-15-11(8-13)9-16(20)19(15)2/h3-8,18H,9H2,1-2H3. The van der Waals surface area contributed by atoms with E-state index in [1.807, 2.05) is 0 Å². The van der Waals surface area contributed by atoms with E-state index in [0.29, 0.717) is 16.8 Å². The summed E-state index contributed by atoms with van der Waals surface area (Å²) < 4.78 is 40.6. The molecule has 1 amide bonds. The maximum atomic E-state index is 13.3. The number of nitrogens with one attached hydrogen (secondary N) is 1. The quantitative estimate of drug-likeness (QED) is 0.937. The van der Waals surface area contributed by atoms with Crippen molar-refractivity contribution in [3.8, 4) is 0 Å². The van der Waals surface area contributed by atoms with Gasteiger partial charge in [-0.05, 0) is 54.4 Å². The predicted octanol–water partition coefficient (Wildman–Crippen LogP) is 2.45. The summed E-state index contributed by atoms with van der Waals surface area (Å²) in [5, 5.41) is 0. The Balaban J connectivity index is 1.93. The van der Waals surface area contributed by atoms with Gasteiger partial charge in [0.25, 0.3) is 10.0 Å². The third-order valence-electron chi connectivity index (χ3n) is 3.85. The first-order chi connectivity index (χ1) is 10.8. The molecular formula is C16H15FN2O3S. The molecule has 1 heterocycles. The molecule has 7 heteroatoms. The van der Waals surface area contributed by atoms with Crippen LogP contribution < -0.4 is 9.62 Å². The Morgan fingerprint density at radius 3 is 2.61 bits per heavy atom. The average molecular weight is 334 g/mol. The maximum Gasteiger partial charge on any atom is 0.261 e. The van der Waals surface area contributed by atoms with Gasteiger partial charge in [-0.3, -0.25) is 9.52 Å². The number of halogens is 1. The van der Waals surface area contributed by atoms with Crippen LogP contribution in [0.3, 0.4) is 0 Å². The Labute approximate surface area is 133 Å². The Kier molecular flexibility index (Phi) is 3.60. The third-order valence-corrected chi connectivity index (χ3v) is 5.23. The summed E-state index contributed by atoms with van der Waals surface area (Å²) in [4.78, 5) is 13.3. The fourth-order valence-corrected chi connectivity index (χ4v) is 3.64. The molecule has 2 aromatic rings. The van der Waals surface area contributed by atoms with Gasteiger partial charge in [-0.15, -0.1) is 0 Å². The molecule has 0 atom stereocenters. The van der Waals surface area contributed by atoms with Crippen molar-refractivity contribution >= 4 is 27.3 Å². The number of carbonyl (C=O) groups excluding carboxylic acids is 1. The molecule has 2 aromatic carbocycles. The van der Waals surface area contributed by atoms with E-state index in [1.165, 1.54) is 35.2 Å². The van der Waals surface area contributed by atoms with Crippen LogP contribution in [0.2, 0.25) is 0 Å². The zero-order chi connectivity index (χ0) is 16.8. The number of sulfonamides is 1. The number of nitrogens with zero attached hydrogens (tertiary/aromatic N) is 1. The van der Waals surface area contributed by atoms with Crippen molar-refractivity contribution in [3.63, 3.8) is 0 Å². The van der Waals surface area contributed by atoms with E-state index >= 15 is 0 Å². The second-order valence-electron chi connectivity index (χ2n) is 5.49. The van der Waals surface area contributed by atoms with Gasteiger partial charge in [-0.2, -0.15) is 0 Å². The monoisotopic (exact) mass is 334 g/mol. The third kappa shape index (κ3) is 2.79. The van der Waals surface area contributed by atoms with Crippen molar-refractivity contribution in [1.29, 1.82) is 0 Å². The lowest BCUT2D eigenvalue weighted by Gasteiger charge is -2.12. The number of benzene rings is 2. The van der Waals surface area contributed by atoms with Crippen LogP contribution in [-0.2, 0) is 21.2 Å². The molecule has 0 bridgehead atoms. The molecule has 3 rings (SSSR count). The lowest BCUT2D eigenvalue weighted by molar-refractivity contribution is -0.117. The second-order valence-corrected chi connectivity index (χ2v) is 7.17. The molecule has 0 fully saturated rings. The SMILES string of the molecule is Cc1cc(NS(=O)(=O)c2ccc3c(c2)CC(=O)N3C)ccc1F. The summed E-state index contributed by atoms with van der Waals surface area (Å²) in [6.45, 7) is 1.56. The Morgan fingerprint density at radius 2 is 1.91 bits per heavy atom. The first-order valence-corrected chi connectivity index (χ1v) is 8.45. The van der Waals surface area contributed by atoms with E-state index in [9.17, 15) is 17.6 Å². The van der Waals surface area contributed by atoms with Crippen LogP contribution in [0.25, 0.3) is 0 Å².